The maximum Gasteiger partial charge on any atom is 0.251 e. The molecule has 1 amide bonds. The van der Waals surface area contributed by atoms with E-state index in [1.54, 1.807) is 12.3 Å². The van der Waals surface area contributed by atoms with Crippen molar-refractivity contribution in [2.45, 2.75) is 42.8 Å². The quantitative estimate of drug-likeness (QED) is 0.348. The van der Waals surface area contributed by atoms with Gasteiger partial charge in [0.25, 0.3) is 5.91 Å². The molecular formula is C30H28F2N6O5S. The molecule has 1 aromatic carbocycles. The third-order valence-corrected chi connectivity index (χ3v) is 9.95. The molecule has 3 aliphatic heterocycles. The van der Waals surface area contributed by atoms with Crippen LogP contribution in [0, 0.1) is 5.82 Å². The molecule has 1 fully saturated rings. The van der Waals surface area contributed by atoms with Gasteiger partial charge in [0.1, 0.15) is 17.3 Å². The summed E-state index contributed by atoms with van der Waals surface area (Å²) in [5.74, 6) is -0.339. The van der Waals surface area contributed by atoms with Gasteiger partial charge in [-0.2, -0.15) is 0 Å². The molecule has 44 heavy (non-hydrogen) atoms. The average Bonchev–Trinajstić information content (AvgIpc) is 3.13. The second-order valence-electron chi connectivity index (χ2n) is 10.9. The molecule has 0 spiro atoms. The topological polar surface area (TPSA) is 127 Å². The van der Waals surface area contributed by atoms with Crippen LogP contribution in [0.15, 0.2) is 53.7 Å². The van der Waals surface area contributed by atoms with Crippen LogP contribution in [0.4, 0.5) is 26.1 Å². The van der Waals surface area contributed by atoms with E-state index in [9.17, 15) is 22.0 Å². The smallest absolute Gasteiger partial charge is 0.251 e. The van der Waals surface area contributed by atoms with E-state index in [4.69, 9.17) is 19.4 Å². The zero-order valence-corrected chi connectivity index (χ0v) is 24.5. The van der Waals surface area contributed by atoms with E-state index in [-0.39, 0.29) is 18.7 Å². The number of hydrogen-bond donors (Lipinski definition) is 1. The van der Waals surface area contributed by atoms with Crippen LogP contribution in [0.25, 0.3) is 10.9 Å². The molecule has 3 aromatic heterocycles. The molecule has 6 heterocycles. The first-order valence-corrected chi connectivity index (χ1v) is 15.8. The first-order valence-electron chi connectivity index (χ1n) is 14.2. The van der Waals surface area contributed by atoms with Gasteiger partial charge in [0.2, 0.25) is 15.3 Å². The lowest BCUT2D eigenvalue weighted by Crippen LogP contribution is -2.45. The number of aromatic nitrogens is 3. The number of hydrogen-bond acceptors (Lipinski definition) is 10. The molecule has 0 saturated carbocycles. The largest absolute Gasteiger partial charge is 0.489 e. The van der Waals surface area contributed by atoms with E-state index in [0.717, 1.165) is 36.2 Å². The standard InChI is InChI=1S/C30H28F2N6O5S/c1-17-4-6-37(17)21-13-24-29(34-16-21)38(7-9-42-24)27-3-2-18-14-33-20(12-23(18)36-27)15-35-30(39)19-10-22(31)28-25(11-19)44(40,41)26(32)5-8-43-28/h2-3,10-14,16-17,26H,4-9,15H2,1H3,(H,35,39)/t17-,26+/m0/s1. The van der Waals surface area contributed by atoms with Crippen LogP contribution >= 0.6 is 0 Å². The van der Waals surface area contributed by atoms with E-state index in [0.29, 0.717) is 47.8 Å². The minimum Gasteiger partial charge on any atom is -0.489 e. The van der Waals surface area contributed by atoms with Crippen LogP contribution < -0.4 is 24.6 Å². The molecule has 11 nitrogen and oxygen atoms in total. The molecule has 1 saturated heterocycles. The number of carbonyl (C=O) groups excluding carboxylic acids is 1. The Balaban J connectivity index is 1.11. The van der Waals surface area contributed by atoms with Crippen LogP contribution in [-0.2, 0) is 16.4 Å². The van der Waals surface area contributed by atoms with E-state index in [1.807, 2.05) is 29.3 Å². The number of amides is 1. The Hall–Kier alpha value is -4.59. The van der Waals surface area contributed by atoms with Crippen LogP contribution in [0.1, 0.15) is 35.8 Å². The Morgan fingerprint density at radius 2 is 1.93 bits per heavy atom. The molecule has 0 bridgehead atoms. The van der Waals surface area contributed by atoms with Crippen molar-refractivity contribution in [1.82, 2.24) is 20.3 Å². The number of carbonyl (C=O) groups is 1. The van der Waals surface area contributed by atoms with Crippen LogP contribution in [0.5, 0.6) is 11.5 Å². The second kappa shape index (κ2) is 10.8. The Bertz CT molecular complexity index is 1910. The number of nitrogens with zero attached hydrogens (tertiary/aromatic N) is 5. The van der Waals surface area contributed by atoms with Crippen molar-refractivity contribution in [2.24, 2.45) is 0 Å². The first kappa shape index (κ1) is 28.2. The highest BCUT2D eigenvalue weighted by Gasteiger charge is 2.36. The van der Waals surface area contributed by atoms with E-state index in [2.05, 4.69) is 22.1 Å². The van der Waals surface area contributed by atoms with Gasteiger partial charge in [-0.1, -0.05) is 0 Å². The first-order chi connectivity index (χ1) is 21.2. The molecule has 4 aromatic rings. The van der Waals surface area contributed by atoms with Crippen molar-refractivity contribution in [1.29, 1.82) is 0 Å². The zero-order valence-electron chi connectivity index (χ0n) is 23.7. The summed E-state index contributed by atoms with van der Waals surface area (Å²) in [5.41, 5.74) is -0.403. The SMILES string of the molecule is C[C@H]1CCN1c1cnc2c(c1)OCCN2c1ccc2cnc(CNC(=O)c3cc(F)c4c(c3)S(=O)(=O)[C@@H](F)CCO4)cc2n1. The predicted octanol–water partition coefficient (Wildman–Crippen LogP) is 4.07. The Labute approximate surface area is 251 Å². The summed E-state index contributed by atoms with van der Waals surface area (Å²) in [6.45, 7) is 3.87. The van der Waals surface area contributed by atoms with Gasteiger partial charge in [-0.25, -0.2) is 27.2 Å². The fourth-order valence-corrected chi connectivity index (χ4v) is 6.92. The van der Waals surface area contributed by atoms with Crippen LogP contribution in [0.2, 0.25) is 0 Å². The van der Waals surface area contributed by atoms with Crippen molar-refractivity contribution >= 4 is 44.0 Å². The van der Waals surface area contributed by atoms with Crippen molar-refractivity contribution in [3.63, 3.8) is 0 Å². The number of benzene rings is 1. The predicted molar refractivity (Wildman–Crippen MR) is 157 cm³/mol. The molecule has 14 heteroatoms. The Kier molecular flexibility index (Phi) is 6.95. The second-order valence-corrected chi connectivity index (χ2v) is 13.0. The van der Waals surface area contributed by atoms with E-state index in [1.165, 1.54) is 0 Å². The van der Waals surface area contributed by atoms with Crippen molar-refractivity contribution in [2.75, 3.05) is 36.1 Å². The summed E-state index contributed by atoms with van der Waals surface area (Å²) in [4.78, 5) is 30.4. The van der Waals surface area contributed by atoms with Crippen molar-refractivity contribution < 1.29 is 31.5 Å². The third-order valence-electron chi connectivity index (χ3n) is 8.13. The van der Waals surface area contributed by atoms with Crippen LogP contribution in [0.3, 0.4) is 0 Å². The number of ether oxygens (including phenoxy) is 2. The Morgan fingerprint density at radius 3 is 2.73 bits per heavy atom. The molecule has 228 valence electrons. The molecule has 1 N–H and O–H groups in total. The Morgan fingerprint density at radius 1 is 1.07 bits per heavy atom. The number of fused-ring (bicyclic) bond motifs is 3. The van der Waals surface area contributed by atoms with Gasteiger partial charge in [0.05, 0.1) is 42.8 Å². The minimum absolute atomic E-state index is 0.0476. The van der Waals surface area contributed by atoms with Gasteiger partial charge in [0, 0.05) is 42.2 Å². The van der Waals surface area contributed by atoms with Gasteiger partial charge in [-0.05, 0) is 43.7 Å². The fourth-order valence-electron chi connectivity index (χ4n) is 5.53. The van der Waals surface area contributed by atoms with Gasteiger partial charge in [0.15, 0.2) is 23.1 Å². The number of alkyl halides is 1. The van der Waals surface area contributed by atoms with Gasteiger partial charge < -0.3 is 24.6 Å². The highest BCUT2D eigenvalue weighted by atomic mass is 32.2. The molecule has 7 rings (SSSR count). The van der Waals surface area contributed by atoms with Gasteiger partial charge in [-0.3, -0.25) is 9.78 Å². The molecular weight excluding hydrogens is 594 g/mol. The number of sulfone groups is 1. The number of pyridine rings is 3. The molecule has 2 atom stereocenters. The lowest BCUT2D eigenvalue weighted by atomic mass is 10.0. The van der Waals surface area contributed by atoms with Crippen molar-refractivity contribution in [3.05, 3.63) is 65.9 Å². The third kappa shape index (κ3) is 4.92. The highest BCUT2D eigenvalue weighted by Crippen LogP contribution is 2.39. The molecule has 3 aliphatic rings. The summed E-state index contributed by atoms with van der Waals surface area (Å²) >= 11 is 0. The average molecular weight is 623 g/mol. The van der Waals surface area contributed by atoms with Crippen molar-refractivity contribution in [3.8, 4) is 11.5 Å². The minimum atomic E-state index is -4.52. The molecule has 0 aliphatic carbocycles. The lowest BCUT2D eigenvalue weighted by Gasteiger charge is -2.41. The monoisotopic (exact) mass is 622 g/mol. The maximum atomic E-state index is 14.7. The summed E-state index contributed by atoms with van der Waals surface area (Å²) in [6.07, 6.45) is 4.21. The number of halogens is 2. The maximum absolute atomic E-state index is 14.7. The highest BCUT2D eigenvalue weighted by molar-refractivity contribution is 7.92. The summed E-state index contributed by atoms with van der Waals surface area (Å²) < 4.78 is 65.1. The number of anilines is 3. The zero-order chi connectivity index (χ0) is 30.6. The summed E-state index contributed by atoms with van der Waals surface area (Å²) in [6, 6.07) is 9.81. The van der Waals surface area contributed by atoms with Gasteiger partial charge >= 0.3 is 0 Å². The lowest BCUT2D eigenvalue weighted by molar-refractivity contribution is 0.0949. The molecule has 0 radical (unpaired) electrons. The summed E-state index contributed by atoms with van der Waals surface area (Å²) in [7, 11) is -4.52. The van der Waals surface area contributed by atoms with Gasteiger partial charge in [-0.15, -0.1) is 0 Å². The van der Waals surface area contributed by atoms with Crippen LogP contribution in [-0.4, -0.2) is 67.1 Å². The summed E-state index contributed by atoms with van der Waals surface area (Å²) in [5, 5.41) is 3.40. The van der Waals surface area contributed by atoms with E-state index >= 15 is 0 Å². The van der Waals surface area contributed by atoms with E-state index < -0.39 is 44.1 Å². The fraction of sp³-hybridized carbons (Fsp3) is 0.333. The normalized spacial score (nSPS) is 20.4. The number of rotatable bonds is 5. The number of nitrogens with one attached hydrogen (secondary N) is 1. The molecule has 0 unspecified atom stereocenters.